The molecule has 2 bridgehead atoms. The summed E-state index contributed by atoms with van der Waals surface area (Å²) in [7, 11) is 0. The molecule has 0 spiro atoms. The second-order valence-electron chi connectivity index (χ2n) is 6.63. The van der Waals surface area contributed by atoms with Crippen molar-refractivity contribution in [2.75, 3.05) is 11.5 Å². The maximum absolute atomic E-state index is 12.9. The minimum Gasteiger partial charge on any atom is -0.393 e. The van der Waals surface area contributed by atoms with Crippen LogP contribution in [0.4, 0.5) is 5.69 Å². The Morgan fingerprint density at radius 3 is 2.61 bits per heavy atom. The summed E-state index contributed by atoms with van der Waals surface area (Å²) in [5, 5.41) is 10.3. The molecule has 23 heavy (non-hydrogen) atoms. The predicted molar refractivity (Wildman–Crippen MR) is 84.1 cm³/mol. The lowest BCUT2D eigenvalue weighted by atomic mass is 9.73. The fraction of sp³-hybridized carbons (Fsp3) is 0.412. The van der Waals surface area contributed by atoms with Crippen LogP contribution in [-0.4, -0.2) is 34.7 Å². The molecular weight excluding hydrogens is 318 g/mol. The molecule has 2 fully saturated rings. The molecule has 0 saturated carbocycles. The van der Waals surface area contributed by atoms with Crippen LogP contribution in [0.25, 0.3) is 0 Å². The molecular formula is C17H16ClNO4. The number of aliphatic hydroxyl groups is 1. The van der Waals surface area contributed by atoms with Gasteiger partial charge in [-0.15, -0.1) is 0 Å². The normalized spacial score (nSPS) is 37.8. The monoisotopic (exact) mass is 333 g/mol. The highest BCUT2D eigenvalue weighted by atomic mass is 35.5. The first kappa shape index (κ1) is 14.9. The van der Waals surface area contributed by atoms with Crippen molar-refractivity contribution in [1.82, 2.24) is 0 Å². The van der Waals surface area contributed by atoms with E-state index in [2.05, 4.69) is 0 Å². The van der Waals surface area contributed by atoms with E-state index >= 15 is 0 Å². The van der Waals surface area contributed by atoms with Gasteiger partial charge in [-0.2, -0.15) is 0 Å². The van der Waals surface area contributed by atoms with Gasteiger partial charge in [0.25, 0.3) is 0 Å². The Morgan fingerprint density at radius 2 is 1.96 bits per heavy atom. The molecule has 120 valence electrons. The number of nitrogens with zero attached hydrogens (tertiary/aromatic N) is 1. The zero-order valence-corrected chi connectivity index (χ0v) is 13.5. The molecule has 0 radical (unpaired) electrons. The summed E-state index contributed by atoms with van der Waals surface area (Å²) < 4.78 is 5.88. The molecule has 4 rings (SSSR count). The van der Waals surface area contributed by atoms with E-state index in [0.717, 1.165) is 5.56 Å². The number of aryl methyl sites for hydroxylation is 1. The average molecular weight is 334 g/mol. The summed E-state index contributed by atoms with van der Waals surface area (Å²) >= 11 is 6.13. The SMILES string of the molecule is Cc1ccc(N2C(=O)[C@H]3[C@H](C2=O)[C@]2(C)C=C[C@]3(CO)O2)cc1Cl. The zero-order valence-electron chi connectivity index (χ0n) is 12.7. The highest BCUT2D eigenvalue weighted by molar-refractivity contribution is 6.32. The number of imide groups is 1. The Hall–Kier alpha value is -1.69. The average Bonchev–Trinajstić information content (AvgIpc) is 3.09. The Kier molecular flexibility index (Phi) is 2.87. The molecule has 6 heteroatoms. The zero-order chi connectivity index (χ0) is 16.6. The lowest BCUT2D eigenvalue weighted by Crippen LogP contribution is -2.43. The number of fused-ring (bicyclic) bond motifs is 5. The summed E-state index contributed by atoms with van der Waals surface area (Å²) in [5.74, 6) is -1.97. The van der Waals surface area contributed by atoms with E-state index in [0.29, 0.717) is 10.7 Å². The fourth-order valence-corrected chi connectivity index (χ4v) is 4.19. The highest BCUT2D eigenvalue weighted by Gasteiger charge is 2.72. The van der Waals surface area contributed by atoms with Gasteiger partial charge in [0.05, 0.1) is 29.7 Å². The number of carbonyl (C=O) groups is 2. The molecule has 3 heterocycles. The first-order valence-electron chi connectivity index (χ1n) is 7.48. The maximum atomic E-state index is 12.9. The maximum Gasteiger partial charge on any atom is 0.241 e. The van der Waals surface area contributed by atoms with Gasteiger partial charge in [-0.1, -0.05) is 29.8 Å². The van der Waals surface area contributed by atoms with Gasteiger partial charge in [0.2, 0.25) is 11.8 Å². The first-order valence-corrected chi connectivity index (χ1v) is 7.86. The van der Waals surface area contributed by atoms with E-state index in [4.69, 9.17) is 16.3 Å². The molecule has 0 aliphatic carbocycles. The van der Waals surface area contributed by atoms with E-state index in [1.165, 1.54) is 4.90 Å². The molecule has 5 nitrogen and oxygen atoms in total. The number of ether oxygens (including phenoxy) is 1. The third-order valence-electron chi connectivity index (χ3n) is 5.22. The molecule has 3 aliphatic heterocycles. The summed E-state index contributed by atoms with van der Waals surface area (Å²) in [5.41, 5.74) is -0.627. The number of halogens is 1. The lowest BCUT2D eigenvalue weighted by molar-refractivity contribution is -0.131. The number of aliphatic hydroxyl groups excluding tert-OH is 1. The standard InChI is InChI=1S/C17H16ClNO4/c1-9-3-4-10(7-11(9)18)19-14(21)12-13(15(19)22)17(8-20)6-5-16(12,2)23-17/h3-7,12-13,20H,8H2,1-2H3/t12-,13-,16+,17-/m1/s1. The Bertz CT molecular complexity index is 776. The number of hydrogen-bond acceptors (Lipinski definition) is 4. The van der Waals surface area contributed by atoms with Crippen molar-refractivity contribution in [3.63, 3.8) is 0 Å². The number of rotatable bonds is 2. The minimum absolute atomic E-state index is 0.304. The molecule has 0 aromatic heterocycles. The topological polar surface area (TPSA) is 66.8 Å². The van der Waals surface area contributed by atoms with E-state index < -0.39 is 23.0 Å². The summed E-state index contributed by atoms with van der Waals surface area (Å²) in [6.07, 6.45) is 3.49. The number of carbonyl (C=O) groups excluding carboxylic acids is 2. The lowest BCUT2D eigenvalue weighted by Gasteiger charge is -2.27. The van der Waals surface area contributed by atoms with Crippen LogP contribution in [0.2, 0.25) is 5.02 Å². The van der Waals surface area contributed by atoms with Crippen LogP contribution in [0.3, 0.4) is 0 Å². The molecule has 4 atom stereocenters. The van der Waals surface area contributed by atoms with Gasteiger partial charge in [0.15, 0.2) is 0 Å². The van der Waals surface area contributed by atoms with Gasteiger partial charge in [0.1, 0.15) is 5.60 Å². The van der Waals surface area contributed by atoms with E-state index in [9.17, 15) is 14.7 Å². The summed E-state index contributed by atoms with van der Waals surface area (Å²) in [6, 6.07) is 5.11. The molecule has 0 unspecified atom stereocenters. The Morgan fingerprint density at radius 1 is 1.26 bits per heavy atom. The van der Waals surface area contributed by atoms with Crippen molar-refractivity contribution in [1.29, 1.82) is 0 Å². The molecule has 3 aliphatic rings. The number of amides is 2. The highest BCUT2D eigenvalue weighted by Crippen LogP contribution is 2.57. The summed E-state index contributed by atoms with van der Waals surface area (Å²) in [6.45, 7) is 3.30. The van der Waals surface area contributed by atoms with Crippen LogP contribution in [-0.2, 0) is 14.3 Å². The second-order valence-corrected chi connectivity index (χ2v) is 7.04. The number of benzene rings is 1. The molecule has 1 aromatic rings. The predicted octanol–water partition coefficient (Wildman–Crippen LogP) is 1.84. The van der Waals surface area contributed by atoms with E-state index in [-0.39, 0.29) is 18.4 Å². The second kappa shape index (κ2) is 4.44. The van der Waals surface area contributed by atoms with Gasteiger partial charge in [-0.05, 0) is 31.5 Å². The van der Waals surface area contributed by atoms with E-state index in [1.807, 2.05) is 6.92 Å². The van der Waals surface area contributed by atoms with Crippen molar-refractivity contribution in [3.8, 4) is 0 Å². The fourth-order valence-electron chi connectivity index (χ4n) is 4.02. The van der Waals surface area contributed by atoms with Crippen LogP contribution in [0.15, 0.2) is 30.4 Å². The quantitative estimate of drug-likeness (QED) is 0.662. The first-order chi connectivity index (χ1) is 10.8. The van der Waals surface area contributed by atoms with Crippen molar-refractivity contribution in [2.45, 2.75) is 25.0 Å². The summed E-state index contributed by atoms with van der Waals surface area (Å²) in [4.78, 5) is 27.0. The molecule has 1 N–H and O–H groups in total. The van der Waals surface area contributed by atoms with Crippen molar-refractivity contribution in [3.05, 3.63) is 40.9 Å². The van der Waals surface area contributed by atoms with Crippen molar-refractivity contribution < 1.29 is 19.4 Å². The van der Waals surface area contributed by atoms with Gasteiger partial charge in [-0.3, -0.25) is 9.59 Å². The van der Waals surface area contributed by atoms with Gasteiger partial charge >= 0.3 is 0 Å². The van der Waals surface area contributed by atoms with Crippen LogP contribution in [0, 0.1) is 18.8 Å². The molecule has 2 amide bonds. The third-order valence-corrected chi connectivity index (χ3v) is 5.62. The number of hydrogen-bond donors (Lipinski definition) is 1. The largest absolute Gasteiger partial charge is 0.393 e. The third kappa shape index (κ3) is 1.70. The van der Waals surface area contributed by atoms with Crippen molar-refractivity contribution in [2.24, 2.45) is 11.8 Å². The van der Waals surface area contributed by atoms with Crippen LogP contribution in [0.1, 0.15) is 12.5 Å². The van der Waals surface area contributed by atoms with Crippen molar-refractivity contribution >= 4 is 29.1 Å². The number of anilines is 1. The minimum atomic E-state index is -1.10. The Balaban J connectivity index is 1.81. The Labute approximate surface area is 138 Å². The van der Waals surface area contributed by atoms with Gasteiger partial charge < -0.3 is 9.84 Å². The van der Waals surface area contributed by atoms with Crippen LogP contribution < -0.4 is 4.90 Å². The van der Waals surface area contributed by atoms with E-state index in [1.54, 1.807) is 37.3 Å². The van der Waals surface area contributed by atoms with Gasteiger partial charge in [0, 0.05) is 5.02 Å². The van der Waals surface area contributed by atoms with Crippen LogP contribution >= 0.6 is 11.6 Å². The van der Waals surface area contributed by atoms with Crippen LogP contribution in [0.5, 0.6) is 0 Å². The smallest absolute Gasteiger partial charge is 0.241 e. The molecule has 2 saturated heterocycles. The molecule has 1 aromatic carbocycles. The van der Waals surface area contributed by atoms with Gasteiger partial charge in [-0.25, -0.2) is 4.90 Å².